The third-order valence-corrected chi connectivity index (χ3v) is 3.10. The predicted molar refractivity (Wildman–Crippen MR) is 56.4 cm³/mol. The molecule has 0 saturated heterocycles. The summed E-state index contributed by atoms with van der Waals surface area (Å²) < 4.78 is 0. The first-order valence-corrected chi connectivity index (χ1v) is 5.19. The molecule has 1 heteroatoms. The van der Waals surface area contributed by atoms with Crippen LogP contribution in [0.4, 0.5) is 0 Å². The fourth-order valence-electron chi connectivity index (χ4n) is 1.30. The Bertz CT molecular complexity index is 110. The highest BCUT2D eigenvalue weighted by Crippen LogP contribution is 2.17. The molecule has 0 amide bonds. The lowest BCUT2D eigenvalue weighted by Crippen LogP contribution is -2.31. The summed E-state index contributed by atoms with van der Waals surface area (Å²) in [6.45, 7) is 12.7. The van der Waals surface area contributed by atoms with Gasteiger partial charge in [0.1, 0.15) is 0 Å². The van der Waals surface area contributed by atoms with Crippen molar-refractivity contribution in [2.45, 2.75) is 47.1 Å². The molecule has 2 atom stereocenters. The standard InChI is InChI=1S/C11H25N/c1-7-12(6)11(5)8-10(4)9(2)3/h9-11H,7-8H2,1-6H3. The second-order valence-corrected chi connectivity index (χ2v) is 4.38. The third-order valence-electron chi connectivity index (χ3n) is 3.10. The Morgan fingerprint density at radius 3 is 1.92 bits per heavy atom. The molecule has 0 radical (unpaired) electrons. The van der Waals surface area contributed by atoms with E-state index in [0.717, 1.165) is 24.4 Å². The van der Waals surface area contributed by atoms with E-state index >= 15 is 0 Å². The van der Waals surface area contributed by atoms with E-state index in [2.05, 4.69) is 46.6 Å². The Kier molecular flexibility index (Phi) is 5.56. The number of nitrogens with zero attached hydrogens (tertiary/aromatic N) is 1. The van der Waals surface area contributed by atoms with Crippen LogP contribution in [-0.4, -0.2) is 24.5 Å². The summed E-state index contributed by atoms with van der Waals surface area (Å²) in [6, 6.07) is 0.729. The average Bonchev–Trinajstić information content (AvgIpc) is 2.02. The van der Waals surface area contributed by atoms with Crippen molar-refractivity contribution in [1.29, 1.82) is 0 Å². The normalized spacial score (nSPS) is 17.0. The Balaban J connectivity index is 3.75. The van der Waals surface area contributed by atoms with E-state index in [1.807, 2.05) is 0 Å². The summed E-state index contributed by atoms with van der Waals surface area (Å²) in [7, 11) is 2.21. The minimum Gasteiger partial charge on any atom is -0.304 e. The molecule has 0 saturated carbocycles. The fraction of sp³-hybridized carbons (Fsp3) is 1.00. The zero-order chi connectivity index (χ0) is 9.72. The van der Waals surface area contributed by atoms with Crippen LogP contribution in [0.3, 0.4) is 0 Å². The molecular weight excluding hydrogens is 146 g/mol. The van der Waals surface area contributed by atoms with Gasteiger partial charge < -0.3 is 4.90 Å². The largest absolute Gasteiger partial charge is 0.304 e. The van der Waals surface area contributed by atoms with E-state index in [0.29, 0.717) is 0 Å². The first-order valence-electron chi connectivity index (χ1n) is 5.19. The van der Waals surface area contributed by atoms with Crippen LogP contribution in [0, 0.1) is 11.8 Å². The maximum atomic E-state index is 2.42. The molecule has 12 heavy (non-hydrogen) atoms. The molecule has 0 rings (SSSR count). The lowest BCUT2D eigenvalue weighted by Gasteiger charge is -2.27. The van der Waals surface area contributed by atoms with E-state index in [9.17, 15) is 0 Å². The van der Waals surface area contributed by atoms with Gasteiger partial charge in [-0.1, -0.05) is 27.7 Å². The maximum Gasteiger partial charge on any atom is 0.00664 e. The summed E-state index contributed by atoms with van der Waals surface area (Å²) in [5, 5.41) is 0. The summed E-state index contributed by atoms with van der Waals surface area (Å²) in [4.78, 5) is 2.42. The molecular formula is C11H25N. The van der Waals surface area contributed by atoms with Crippen molar-refractivity contribution in [2.24, 2.45) is 11.8 Å². The van der Waals surface area contributed by atoms with Gasteiger partial charge in [0.2, 0.25) is 0 Å². The molecule has 0 fully saturated rings. The van der Waals surface area contributed by atoms with Crippen molar-refractivity contribution >= 4 is 0 Å². The zero-order valence-electron chi connectivity index (χ0n) is 9.59. The van der Waals surface area contributed by atoms with Crippen LogP contribution < -0.4 is 0 Å². The van der Waals surface area contributed by atoms with E-state index in [1.165, 1.54) is 6.42 Å². The highest BCUT2D eigenvalue weighted by Gasteiger charge is 2.13. The van der Waals surface area contributed by atoms with Gasteiger partial charge in [0, 0.05) is 6.04 Å². The van der Waals surface area contributed by atoms with E-state index in [-0.39, 0.29) is 0 Å². The van der Waals surface area contributed by atoms with Crippen LogP contribution in [0.2, 0.25) is 0 Å². The third kappa shape index (κ3) is 4.10. The van der Waals surface area contributed by atoms with Crippen LogP contribution in [0.25, 0.3) is 0 Å². The fourth-order valence-corrected chi connectivity index (χ4v) is 1.30. The topological polar surface area (TPSA) is 3.24 Å². The summed E-state index contributed by atoms with van der Waals surface area (Å²) >= 11 is 0. The molecule has 0 aromatic rings. The van der Waals surface area contributed by atoms with Gasteiger partial charge in [-0.15, -0.1) is 0 Å². The molecule has 0 aliphatic rings. The molecule has 1 nitrogen and oxygen atoms in total. The Morgan fingerprint density at radius 2 is 1.58 bits per heavy atom. The molecule has 74 valence electrons. The SMILES string of the molecule is CCN(C)C(C)CC(C)C(C)C. The van der Waals surface area contributed by atoms with E-state index in [1.54, 1.807) is 0 Å². The Morgan fingerprint density at radius 1 is 1.08 bits per heavy atom. The van der Waals surface area contributed by atoms with Crippen LogP contribution in [-0.2, 0) is 0 Å². The van der Waals surface area contributed by atoms with Crippen LogP contribution in [0.1, 0.15) is 41.0 Å². The minimum absolute atomic E-state index is 0.729. The van der Waals surface area contributed by atoms with Gasteiger partial charge >= 0.3 is 0 Å². The van der Waals surface area contributed by atoms with E-state index in [4.69, 9.17) is 0 Å². The predicted octanol–water partition coefficient (Wildman–Crippen LogP) is 3.01. The highest BCUT2D eigenvalue weighted by atomic mass is 15.1. The lowest BCUT2D eigenvalue weighted by molar-refractivity contribution is 0.216. The van der Waals surface area contributed by atoms with Crippen molar-refractivity contribution in [1.82, 2.24) is 4.90 Å². The molecule has 0 aliphatic carbocycles. The second kappa shape index (κ2) is 5.58. The van der Waals surface area contributed by atoms with Crippen molar-refractivity contribution in [3.63, 3.8) is 0 Å². The Labute approximate surface area is 78.1 Å². The molecule has 0 aromatic carbocycles. The number of rotatable bonds is 5. The summed E-state index contributed by atoms with van der Waals surface area (Å²) in [5.41, 5.74) is 0. The molecule has 0 heterocycles. The van der Waals surface area contributed by atoms with Gasteiger partial charge in [-0.25, -0.2) is 0 Å². The van der Waals surface area contributed by atoms with Crippen molar-refractivity contribution < 1.29 is 0 Å². The van der Waals surface area contributed by atoms with Gasteiger partial charge in [-0.05, 0) is 38.8 Å². The van der Waals surface area contributed by atoms with Gasteiger partial charge in [-0.3, -0.25) is 0 Å². The van der Waals surface area contributed by atoms with Crippen molar-refractivity contribution in [3.8, 4) is 0 Å². The number of hydrogen-bond acceptors (Lipinski definition) is 1. The van der Waals surface area contributed by atoms with E-state index < -0.39 is 0 Å². The second-order valence-electron chi connectivity index (χ2n) is 4.38. The van der Waals surface area contributed by atoms with Crippen molar-refractivity contribution in [3.05, 3.63) is 0 Å². The number of hydrogen-bond donors (Lipinski definition) is 0. The first kappa shape index (κ1) is 12.0. The van der Waals surface area contributed by atoms with Gasteiger partial charge in [0.05, 0.1) is 0 Å². The smallest absolute Gasteiger partial charge is 0.00664 e. The molecule has 0 N–H and O–H groups in total. The molecule has 0 spiro atoms. The molecule has 0 aliphatic heterocycles. The first-order chi connectivity index (χ1) is 5.49. The maximum absolute atomic E-state index is 2.42. The van der Waals surface area contributed by atoms with Crippen LogP contribution >= 0.6 is 0 Å². The quantitative estimate of drug-likeness (QED) is 0.614. The minimum atomic E-state index is 0.729. The lowest BCUT2D eigenvalue weighted by atomic mass is 9.91. The van der Waals surface area contributed by atoms with Gasteiger partial charge in [-0.2, -0.15) is 0 Å². The van der Waals surface area contributed by atoms with Crippen molar-refractivity contribution in [2.75, 3.05) is 13.6 Å². The monoisotopic (exact) mass is 171 g/mol. The zero-order valence-corrected chi connectivity index (χ0v) is 9.59. The molecule has 0 bridgehead atoms. The molecule has 2 unspecified atom stereocenters. The van der Waals surface area contributed by atoms with Gasteiger partial charge in [0.15, 0.2) is 0 Å². The van der Waals surface area contributed by atoms with Crippen LogP contribution in [0.5, 0.6) is 0 Å². The Hall–Kier alpha value is -0.0400. The molecule has 0 aromatic heterocycles. The van der Waals surface area contributed by atoms with Gasteiger partial charge in [0.25, 0.3) is 0 Å². The summed E-state index contributed by atoms with van der Waals surface area (Å²) in [6.07, 6.45) is 1.32. The van der Waals surface area contributed by atoms with Crippen LogP contribution in [0.15, 0.2) is 0 Å². The summed E-state index contributed by atoms with van der Waals surface area (Å²) in [5.74, 6) is 1.66. The highest BCUT2D eigenvalue weighted by molar-refractivity contribution is 4.67. The average molecular weight is 171 g/mol.